The Kier molecular flexibility index (Phi) is 5.84. The maximum absolute atomic E-state index is 11.4. The van der Waals surface area contributed by atoms with Crippen LogP contribution in [-0.2, 0) is 6.54 Å². The topological polar surface area (TPSA) is 41.1 Å². The second-order valence-electron chi connectivity index (χ2n) is 4.03. The molecule has 1 rings (SSSR count). The van der Waals surface area contributed by atoms with E-state index >= 15 is 0 Å². The van der Waals surface area contributed by atoms with Crippen molar-refractivity contribution in [1.82, 2.24) is 10.6 Å². The Labute approximate surface area is 108 Å². The molecule has 0 saturated carbocycles. The molecule has 2 N–H and O–H groups in total. The van der Waals surface area contributed by atoms with Crippen LogP contribution in [0.1, 0.15) is 30.9 Å². The van der Waals surface area contributed by atoms with E-state index in [-0.39, 0.29) is 6.03 Å². The highest BCUT2D eigenvalue weighted by molar-refractivity contribution is 6.30. The molecule has 94 valence electrons. The summed E-state index contributed by atoms with van der Waals surface area (Å²) in [6, 6.07) is 5.55. The smallest absolute Gasteiger partial charge is 0.315 e. The highest BCUT2D eigenvalue weighted by Crippen LogP contribution is 2.14. The average Bonchev–Trinajstić information content (AvgIpc) is 2.28. The van der Waals surface area contributed by atoms with E-state index in [0.717, 1.165) is 35.5 Å². The quantitative estimate of drug-likeness (QED) is 0.778. The van der Waals surface area contributed by atoms with Crippen LogP contribution >= 0.6 is 11.6 Å². The van der Waals surface area contributed by atoms with E-state index in [4.69, 9.17) is 11.6 Å². The summed E-state index contributed by atoms with van der Waals surface area (Å²) in [7, 11) is 0. The molecule has 0 aliphatic rings. The third-order valence-electron chi connectivity index (χ3n) is 2.56. The van der Waals surface area contributed by atoms with Gasteiger partial charge in [0.05, 0.1) is 0 Å². The van der Waals surface area contributed by atoms with E-state index in [2.05, 4.69) is 17.6 Å². The molecule has 1 aromatic rings. The zero-order valence-corrected chi connectivity index (χ0v) is 11.1. The van der Waals surface area contributed by atoms with Crippen LogP contribution in [0.4, 0.5) is 4.79 Å². The summed E-state index contributed by atoms with van der Waals surface area (Å²) >= 11 is 5.86. The predicted octanol–water partition coefficient (Wildman–Crippen LogP) is 3.25. The lowest BCUT2D eigenvalue weighted by atomic mass is 10.1. The summed E-state index contributed by atoms with van der Waals surface area (Å²) in [5.41, 5.74) is 2.17. The maximum Gasteiger partial charge on any atom is 0.315 e. The molecule has 0 aliphatic carbocycles. The normalized spacial score (nSPS) is 10.1. The molecule has 4 heteroatoms. The number of carbonyl (C=O) groups excluding carboxylic acids is 1. The van der Waals surface area contributed by atoms with E-state index in [9.17, 15) is 4.79 Å². The van der Waals surface area contributed by atoms with Gasteiger partial charge in [0, 0.05) is 18.1 Å². The first-order valence-corrected chi connectivity index (χ1v) is 6.28. The minimum absolute atomic E-state index is 0.118. The maximum atomic E-state index is 11.4. The van der Waals surface area contributed by atoms with Gasteiger partial charge in [0.25, 0.3) is 0 Å². The Morgan fingerprint density at radius 1 is 1.35 bits per heavy atom. The number of hydrogen-bond acceptors (Lipinski definition) is 1. The number of nitrogens with one attached hydrogen (secondary N) is 2. The van der Waals surface area contributed by atoms with Crippen LogP contribution in [0.3, 0.4) is 0 Å². The monoisotopic (exact) mass is 254 g/mol. The number of urea groups is 1. The van der Waals surface area contributed by atoms with Gasteiger partial charge in [-0.25, -0.2) is 4.79 Å². The molecule has 0 fully saturated rings. The van der Waals surface area contributed by atoms with Crippen LogP contribution in [0, 0.1) is 6.92 Å². The van der Waals surface area contributed by atoms with Crippen LogP contribution < -0.4 is 10.6 Å². The van der Waals surface area contributed by atoms with Crippen molar-refractivity contribution in [3.8, 4) is 0 Å². The molecule has 0 atom stereocenters. The molecule has 2 amide bonds. The van der Waals surface area contributed by atoms with Crippen LogP contribution in [0.5, 0.6) is 0 Å². The first kappa shape index (κ1) is 13.8. The number of benzene rings is 1. The molecule has 1 aromatic carbocycles. The summed E-state index contributed by atoms with van der Waals surface area (Å²) in [5, 5.41) is 6.35. The van der Waals surface area contributed by atoms with E-state index in [1.807, 2.05) is 25.1 Å². The van der Waals surface area contributed by atoms with Crippen molar-refractivity contribution in [2.24, 2.45) is 0 Å². The Bertz CT molecular complexity index is 380. The van der Waals surface area contributed by atoms with Crippen molar-refractivity contribution in [2.75, 3.05) is 6.54 Å². The van der Waals surface area contributed by atoms with Crippen LogP contribution in [0.15, 0.2) is 18.2 Å². The Balaban J connectivity index is 2.37. The molecule has 3 nitrogen and oxygen atoms in total. The molecule has 0 aliphatic heterocycles. The van der Waals surface area contributed by atoms with Crippen molar-refractivity contribution in [2.45, 2.75) is 33.2 Å². The highest BCUT2D eigenvalue weighted by Gasteiger charge is 2.02. The van der Waals surface area contributed by atoms with Gasteiger partial charge in [-0.1, -0.05) is 31.0 Å². The van der Waals surface area contributed by atoms with Gasteiger partial charge in [-0.2, -0.15) is 0 Å². The molecule has 0 radical (unpaired) electrons. The summed E-state index contributed by atoms with van der Waals surface area (Å²) in [4.78, 5) is 11.4. The van der Waals surface area contributed by atoms with Crippen LogP contribution in [0.25, 0.3) is 0 Å². The van der Waals surface area contributed by atoms with Crippen molar-refractivity contribution in [1.29, 1.82) is 0 Å². The Morgan fingerprint density at radius 3 is 2.76 bits per heavy atom. The van der Waals surface area contributed by atoms with Gasteiger partial charge >= 0.3 is 6.03 Å². The lowest BCUT2D eigenvalue weighted by Crippen LogP contribution is -2.35. The summed E-state index contributed by atoms with van der Waals surface area (Å²) < 4.78 is 0. The third kappa shape index (κ3) is 5.09. The molecule has 17 heavy (non-hydrogen) atoms. The predicted molar refractivity (Wildman–Crippen MR) is 71.3 cm³/mol. The standard InChI is InChI=1S/C13H19ClN2O/c1-3-4-7-15-13(17)16-9-11-5-6-12(14)8-10(11)2/h5-6,8H,3-4,7,9H2,1-2H3,(H2,15,16,17). The first-order valence-electron chi connectivity index (χ1n) is 5.90. The summed E-state index contributed by atoms with van der Waals surface area (Å²) in [6.45, 7) is 5.33. The van der Waals surface area contributed by atoms with E-state index < -0.39 is 0 Å². The van der Waals surface area contributed by atoms with Crippen molar-refractivity contribution in [3.05, 3.63) is 34.3 Å². The van der Waals surface area contributed by atoms with Gasteiger partial charge in [-0.15, -0.1) is 0 Å². The summed E-state index contributed by atoms with van der Waals surface area (Å²) in [6.07, 6.45) is 2.09. The fourth-order valence-corrected chi connectivity index (χ4v) is 1.70. The number of unbranched alkanes of at least 4 members (excludes halogenated alkanes) is 1. The van der Waals surface area contributed by atoms with Crippen molar-refractivity contribution < 1.29 is 4.79 Å². The lowest BCUT2D eigenvalue weighted by molar-refractivity contribution is 0.240. The second kappa shape index (κ2) is 7.17. The van der Waals surface area contributed by atoms with Gasteiger partial charge in [-0.05, 0) is 36.6 Å². The largest absolute Gasteiger partial charge is 0.338 e. The molecule has 0 spiro atoms. The van der Waals surface area contributed by atoms with Crippen molar-refractivity contribution >= 4 is 17.6 Å². The Hall–Kier alpha value is -1.22. The number of rotatable bonds is 5. The minimum Gasteiger partial charge on any atom is -0.338 e. The molecule has 0 bridgehead atoms. The molecule has 0 heterocycles. The van der Waals surface area contributed by atoms with Gasteiger partial charge in [0.15, 0.2) is 0 Å². The highest BCUT2D eigenvalue weighted by atomic mass is 35.5. The zero-order chi connectivity index (χ0) is 12.7. The average molecular weight is 255 g/mol. The van der Waals surface area contributed by atoms with Gasteiger partial charge in [0.1, 0.15) is 0 Å². The van der Waals surface area contributed by atoms with Crippen LogP contribution in [0.2, 0.25) is 5.02 Å². The minimum atomic E-state index is -0.118. The number of hydrogen-bond donors (Lipinski definition) is 2. The molecule has 0 saturated heterocycles. The SMILES string of the molecule is CCCCNC(=O)NCc1ccc(Cl)cc1C. The summed E-state index contributed by atoms with van der Waals surface area (Å²) in [5.74, 6) is 0. The van der Waals surface area contributed by atoms with E-state index in [0.29, 0.717) is 6.54 Å². The van der Waals surface area contributed by atoms with E-state index in [1.54, 1.807) is 0 Å². The Morgan fingerprint density at radius 2 is 2.12 bits per heavy atom. The fourth-order valence-electron chi connectivity index (χ4n) is 1.47. The van der Waals surface area contributed by atoms with Crippen LogP contribution in [-0.4, -0.2) is 12.6 Å². The molecular formula is C13H19ClN2O. The van der Waals surface area contributed by atoms with E-state index in [1.165, 1.54) is 0 Å². The van der Waals surface area contributed by atoms with Gasteiger partial charge < -0.3 is 10.6 Å². The van der Waals surface area contributed by atoms with Crippen molar-refractivity contribution in [3.63, 3.8) is 0 Å². The zero-order valence-electron chi connectivity index (χ0n) is 10.3. The number of amides is 2. The lowest BCUT2D eigenvalue weighted by Gasteiger charge is -2.09. The molecular weight excluding hydrogens is 236 g/mol. The number of halogens is 1. The first-order chi connectivity index (χ1) is 8.13. The number of carbonyl (C=O) groups is 1. The fraction of sp³-hybridized carbons (Fsp3) is 0.462. The molecule has 0 aromatic heterocycles. The third-order valence-corrected chi connectivity index (χ3v) is 2.80. The molecule has 0 unspecified atom stereocenters. The van der Waals surface area contributed by atoms with Gasteiger partial charge in [0.2, 0.25) is 0 Å². The second-order valence-corrected chi connectivity index (χ2v) is 4.47. The van der Waals surface area contributed by atoms with Gasteiger partial charge in [-0.3, -0.25) is 0 Å². The number of aryl methyl sites for hydroxylation is 1.